The molecule has 0 bridgehead atoms. The fraction of sp³-hybridized carbons (Fsp3) is 0.412. The molecule has 1 aromatic carbocycles. The van der Waals surface area contributed by atoms with Gasteiger partial charge in [0.15, 0.2) is 0 Å². The molecule has 0 fully saturated rings. The highest BCUT2D eigenvalue weighted by Gasteiger charge is 2.23. The number of nitrogens with one attached hydrogen (secondary N) is 1. The second-order valence-electron chi connectivity index (χ2n) is 5.83. The first-order valence-electron chi connectivity index (χ1n) is 7.42. The molecule has 1 unspecified atom stereocenters. The van der Waals surface area contributed by atoms with E-state index in [1.807, 2.05) is 17.4 Å². The molecule has 1 nitrogen and oxygen atoms in total. The molecule has 2 aliphatic rings. The van der Waals surface area contributed by atoms with E-state index in [1.165, 1.54) is 35.3 Å². The molecule has 20 heavy (non-hydrogen) atoms. The van der Waals surface area contributed by atoms with E-state index in [0.717, 1.165) is 19.4 Å². The zero-order chi connectivity index (χ0) is 13.5. The van der Waals surface area contributed by atoms with Crippen LogP contribution in [0.1, 0.15) is 45.3 Å². The number of benzene rings is 1. The topological polar surface area (TPSA) is 12.0 Å². The van der Waals surface area contributed by atoms with E-state index in [2.05, 4.69) is 11.4 Å². The molecule has 4 rings (SSSR count). The third-order valence-electron chi connectivity index (χ3n) is 4.50. The number of thiophene rings is 1. The van der Waals surface area contributed by atoms with Gasteiger partial charge in [0, 0.05) is 22.3 Å². The monoisotopic (exact) mass is 287 g/mol. The second-order valence-corrected chi connectivity index (χ2v) is 7.05. The minimum Gasteiger partial charge on any atom is -0.305 e. The van der Waals surface area contributed by atoms with Gasteiger partial charge in [0.1, 0.15) is 5.82 Å². The van der Waals surface area contributed by atoms with Gasteiger partial charge in [-0.15, -0.1) is 11.3 Å². The Kier molecular flexibility index (Phi) is 3.12. The largest absolute Gasteiger partial charge is 0.305 e. The Bertz CT molecular complexity index is 625. The summed E-state index contributed by atoms with van der Waals surface area (Å²) in [6.07, 6.45) is 5.94. The number of halogens is 1. The zero-order valence-electron chi connectivity index (χ0n) is 11.4. The van der Waals surface area contributed by atoms with Crippen molar-refractivity contribution >= 4 is 11.3 Å². The van der Waals surface area contributed by atoms with Gasteiger partial charge in [-0.1, -0.05) is 6.07 Å². The summed E-state index contributed by atoms with van der Waals surface area (Å²) in [7, 11) is 0. The molecule has 1 N–H and O–H groups in total. The zero-order valence-corrected chi connectivity index (χ0v) is 12.2. The molecule has 1 aromatic heterocycles. The lowest BCUT2D eigenvalue weighted by molar-refractivity contribution is 0.533. The van der Waals surface area contributed by atoms with E-state index >= 15 is 0 Å². The Balaban J connectivity index is 1.46. The number of hydrogen-bond donors (Lipinski definition) is 1. The highest BCUT2D eigenvalue weighted by molar-refractivity contribution is 7.12. The quantitative estimate of drug-likeness (QED) is 0.894. The van der Waals surface area contributed by atoms with Gasteiger partial charge in [0.05, 0.1) is 0 Å². The predicted molar refractivity (Wildman–Crippen MR) is 80.6 cm³/mol. The van der Waals surface area contributed by atoms with Gasteiger partial charge in [-0.25, -0.2) is 4.39 Å². The van der Waals surface area contributed by atoms with E-state index in [4.69, 9.17) is 0 Å². The Hall–Kier alpha value is -1.19. The Labute approximate surface area is 122 Å². The SMILES string of the molecule is Fc1ccc2c(c1)CCC2NCc1cc2c(s1)CCC2. The average Bonchev–Trinajstić information content (AvgIpc) is 3.09. The van der Waals surface area contributed by atoms with Crippen molar-refractivity contribution in [2.75, 3.05) is 0 Å². The first-order valence-corrected chi connectivity index (χ1v) is 8.23. The summed E-state index contributed by atoms with van der Waals surface area (Å²) >= 11 is 1.97. The van der Waals surface area contributed by atoms with Crippen molar-refractivity contribution in [3.05, 3.63) is 56.5 Å². The maximum absolute atomic E-state index is 13.2. The van der Waals surface area contributed by atoms with Crippen LogP contribution in [0.15, 0.2) is 24.3 Å². The number of aryl methyl sites for hydroxylation is 3. The summed E-state index contributed by atoms with van der Waals surface area (Å²) < 4.78 is 13.2. The molecule has 104 valence electrons. The summed E-state index contributed by atoms with van der Waals surface area (Å²) in [4.78, 5) is 3.04. The van der Waals surface area contributed by atoms with Crippen LogP contribution in [0.4, 0.5) is 4.39 Å². The lowest BCUT2D eigenvalue weighted by Crippen LogP contribution is -2.18. The third kappa shape index (κ3) is 2.19. The number of fused-ring (bicyclic) bond motifs is 2. The van der Waals surface area contributed by atoms with Crippen molar-refractivity contribution in [2.24, 2.45) is 0 Å². The lowest BCUT2D eigenvalue weighted by atomic mass is 10.1. The molecule has 2 aliphatic carbocycles. The molecular formula is C17H18FNS. The minimum absolute atomic E-state index is 0.112. The van der Waals surface area contributed by atoms with Crippen LogP contribution >= 0.6 is 11.3 Å². The van der Waals surface area contributed by atoms with Crippen LogP contribution in [0.5, 0.6) is 0 Å². The fourth-order valence-electron chi connectivity index (χ4n) is 3.50. The van der Waals surface area contributed by atoms with Gasteiger partial charge in [-0.05, 0) is 67.0 Å². The molecular weight excluding hydrogens is 269 g/mol. The molecule has 2 aromatic rings. The molecule has 3 heteroatoms. The summed E-state index contributed by atoms with van der Waals surface area (Å²) in [6, 6.07) is 7.99. The van der Waals surface area contributed by atoms with Gasteiger partial charge in [0.25, 0.3) is 0 Å². The van der Waals surface area contributed by atoms with Crippen LogP contribution in [0, 0.1) is 5.82 Å². The van der Waals surface area contributed by atoms with E-state index in [1.54, 1.807) is 22.6 Å². The van der Waals surface area contributed by atoms with Crippen LogP contribution in [0.2, 0.25) is 0 Å². The molecule has 0 saturated carbocycles. The van der Waals surface area contributed by atoms with Crippen molar-refractivity contribution in [3.63, 3.8) is 0 Å². The minimum atomic E-state index is -0.112. The molecule has 1 atom stereocenters. The van der Waals surface area contributed by atoms with Gasteiger partial charge in [-0.2, -0.15) is 0 Å². The summed E-state index contributed by atoms with van der Waals surface area (Å²) in [5.74, 6) is -0.112. The average molecular weight is 287 g/mol. The number of rotatable bonds is 3. The summed E-state index contributed by atoms with van der Waals surface area (Å²) in [5, 5.41) is 3.65. The van der Waals surface area contributed by atoms with Gasteiger partial charge < -0.3 is 5.32 Å². The van der Waals surface area contributed by atoms with Crippen LogP contribution in [-0.2, 0) is 25.8 Å². The van der Waals surface area contributed by atoms with Crippen LogP contribution in [-0.4, -0.2) is 0 Å². The van der Waals surface area contributed by atoms with Crippen molar-refractivity contribution in [1.29, 1.82) is 0 Å². The molecule has 0 aliphatic heterocycles. The van der Waals surface area contributed by atoms with Crippen LogP contribution in [0.25, 0.3) is 0 Å². The molecule has 0 amide bonds. The van der Waals surface area contributed by atoms with E-state index in [0.29, 0.717) is 6.04 Å². The van der Waals surface area contributed by atoms with E-state index in [9.17, 15) is 4.39 Å². The van der Waals surface area contributed by atoms with Crippen molar-refractivity contribution < 1.29 is 4.39 Å². The first kappa shape index (κ1) is 12.5. The van der Waals surface area contributed by atoms with E-state index < -0.39 is 0 Å². The van der Waals surface area contributed by atoms with Gasteiger partial charge in [0.2, 0.25) is 0 Å². The van der Waals surface area contributed by atoms with Crippen molar-refractivity contribution in [1.82, 2.24) is 5.32 Å². The Morgan fingerprint density at radius 3 is 3.00 bits per heavy atom. The van der Waals surface area contributed by atoms with Gasteiger partial charge in [-0.3, -0.25) is 0 Å². The standard InChI is InChI=1S/C17H18FNS/c18-13-5-6-15-11(8-13)4-7-16(15)19-10-14-9-12-2-1-3-17(12)20-14/h5-6,8-9,16,19H,1-4,7,10H2. The number of hydrogen-bond acceptors (Lipinski definition) is 2. The highest BCUT2D eigenvalue weighted by atomic mass is 32.1. The molecule has 0 spiro atoms. The highest BCUT2D eigenvalue weighted by Crippen LogP contribution is 2.33. The second kappa shape index (κ2) is 4.97. The predicted octanol–water partition coefficient (Wildman–Crippen LogP) is 4.15. The van der Waals surface area contributed by atoms with Crippen LogP contribution < -0.4 is 5.32 Å². The van der Waals surface area contributed by atoms with Crippen LogP contribution in [0.3, 0.4) is 0 Å². The lowest BCUT2D eigenvalue weighted by Gasteiger charge is -2.13. The van der Waals surface area contributed by atoms with Crippen molar-refractivity contribution in [2.45, 2.75) is 44.7 Å². The Morgan fingerprint density at radius 1 is 1.15 bits per heavy atom. The molecule has 0 radical (unpaired) electrons. The summed E-state index contributed by atoms with van der Waals surface area (Å²) in [5.41, 5.74) is 4.03. The Morgan fingerprint density at radius 2 is 2.10 bits per heavy atom. The normalized spacial score (nSPS) is 20.1. The maximum atomic E-state index is 13.2. The molecule has 0 saturated heterocycles. The van der Waals surface area contributed by atoms with E-state index in [-0.39, 0.29) is 5.82 Å². The first-order chi connectivity index (χ1) is 9.79. The molecule has 1 heterocycles. The van der Waals surface area contributed by atoms with Gasteiger partial charge >= 0.3 is 0 Å². The third-order valence-corrected chi connectivity index (χ3v) is 5.74. The maximum Gasteiger partial charge on any atom is 0.123 e. The fourth-order valence-corrected chi connectivity index (χ4v) is 4.71. The smallest absolute Gasteiger partial charge is 0.123 e. The van der Waals surface area contributed by atoms with Crippen molar-refractivity contribution in [3.8, 4) is 0 Å². The summed E-state index contributed by atoms with van der Waals surface area (Å²) in [6.45, 7) is 0.944.